The predicted molar refractivity (Wildman–Crippen MR) is 70.5 cm³/mol. The standard InChI is InChI=1S/C15H17F3N2O/c1-9-3-5-12(7-10(9)2)21-14-11(8-19)4-6-13(20-14)15(16,17)18/h4,6,9-10,12H,3,5,7H2,1-2H3. The topological polar surface area (TPSA) is 45.9 Å². The largest absolute Gasteiger partial charge is 0.473 e. The highest BCUT2D eigenvalue weighted by Crippen LogP contribution is 2.34. The molecule has 0 aliphatic heterocycles. The molecule has 114 valence electrons. The number of alkyl halides is 3. The van der Waals surface area contributed by atoms with Gasteiger partial charge in [0.15, 0.2) is 0 Å². The Balaban J connectivity index is 2.20. The second-order valence-corrected chi connectivity index (χ2v) is 5.67. The molecule has 6 heteroatoms. The van der Waals surface area contributed by atoms with Crippen LogP contribution in [0.2, 0.25) is 0 Å². The first-order chi connectivity index (χ1) is 9.81. The summed E-state index contributed by atoms with van der Waals surface area (Å²) < 4.78 is 43.7. The van der Waals surface area contributed by atoms with Gasteiger partial charge in [0.1, 0.15) is 23.4 Å². The van der Waals surface area contributed by atoms with E-state index in [2.05, 4.69) is 18.8 Å². The van der Waals surface area contributed by atoms with E-state index in [1.807, 2.05) is 6.07 Å². The van der Waals surface area contributed by atoms with E-state index in [9.17, 15) is 13.2 Å². The van der Waals surface area contributed by atoms with Crippen LogP contribution in [0.1, 0.15) is 44.4 Å². The molecule has 0 N–H and O–H groups in total. The third kappa shape index (κ3) is 3.66. The number of pyridine rings is 1. The van der Waals surface area contributed by atoms with Crippen molar-refractivity contribution in [2.45, 2.75) is 45.4 Å². The van der Waals surface area contributed by atoms with E-state index in [0.29, 0.717) is 11.8 Å². The van der Waals surface area contributed by atoms with Crippen LogP contribution in [0.5, 0.6) is 5.88 Å². The molecule has 1 heterocycles. The molecular weight excluding hydrogens is 281 g/mol. The Bertz CT molecular complexity index is 551. The van der Waals surface area contributed by atoms with Gasteiger partial charge in [0.2, 0.25) is 5.88 Å². The first-order valence-electron chi connectivity index (χ1n) is 6.96. The van der Waals surface area contributed by atoms with Crippen LogP contribution >= 0.6 is 0 Å². The van der Waals surface area contributed by atoms with Crippen LogP contribution in [-0.2, 0) is 6.18 Å². The van der Waals surface area contributed by atoms with Gasteiger partial charge in [-0.15, -0.1) is 0 Å². The van der Waals surface area contributed by atoms with Gasteiger partial charge in [-0.25, -0.2) is 4.98 Å². The van der Waals surface area contributed by atoms with Gasteiger partial charge < -0.3 is 4.74 Å². The molecule has 1 saturated carbocycles. The Morgan fingerprint density at radius 3 is 2.52 bits per heavy atom. The van der Waals surface area contributed by atoms with Crippen molar-refractivity contribution in [3.63, 3.8) is 0 Å². The average molecular weight is 298 g/mol. The van der Waals surface area contributed by atoms with Gasteiger partial charge in [0.25, 0.3) is 0 Å². The van der Waals surface area contributed by atoms with E-state index < -0.39 is 11.9 Å². The highest BCUT2D eigenvalue weighted by atomic mass is 19.4. The third-order valence-corrected chi connectivity index (χ3v) is 4.10. The molecule has 3 unspecified atom stereocenters. The molecule has 0 amide bonds. The molecule has 1 aliphatic carbocycles. The fourth-order valence-corrected chi connectivity index (χ4v) is 2.54. The zero-order chi connectivity index (χ0) is 15.6. The van der Waals surface area contributed by atoms with Crippen molar-refractivity contribution < 1.29 is 17.9 Å². The van der Waals surface area contributed by atoms with Gasteiger partial charge in [-0.2, -0.15) is 18.4 Å². The minimum Gasteiger partial charge on any atom is -0.473 e. The monoisotopic (exact) mass is 298 g/mol. The minimum atomic E-state index is -4.54. The number of hydrogen-bond donors (Lipinski definition) is 0. The number of hydrogen-bond acceptors (Lipinski definition) is 3. The molecular formula is C15H17F3N2O. The molecule has 1 aromatic rings. The van der Waals surface area contributed by atoms with Crippen molar-refractivity contribution in [2.24, 2.45) is 11.8 Å². The molecule has 21 heavy (non-hydrogen) atoms. The molecule has 0 spiro atoms. The fraction of sp³-hybridized carbons (Fsp3) is 0.600. The van der Waals surface area contributed by atoms with Crippen LogP contribution in [0, 0.1) is 23.2 Å². The minimum absolute atomic E-state index is 0.0364. The van der Waals surface area contributed by atoms with Gasteiger partial charge in [-0.05, 0) is 43.2 Å². The molecule has 0 aromatic carbocycles. The highest BCUT2D eigenvalue weighted by Gasteiger charge is 2.34. The SMILES string of the molecule is CC1CCC(Oc2nc(C(F)(F)F)ccc2C#N)CC1C. The van der Waals surface area contributed by atoms with E-state index in [1.54, 1.807) is 0 Å². The summed E-state index contributed by atoms with van der Waals surface area (Å²) >= 11 is 0. The molecule has 3 atom stereocenters. The van der Waals surface area contributed by atoms with Crippen LogP contribution in [0.3, 0.4) is 0 Å². The van der Waals surface area contributed by atoms with Crippen molar-refractivity contribution in [3.05, 3.63) is 23.4 Å². The Hall–Kier alpha value is -1.77. The molecule has 1 fully saturated rings. The number of aromatic nitrogens is 1. The van der Waals surface area contributed by atoms with Crippen LogP contribution < -0.4 is 4.74 Å². The van der Waals surface area contributed by atoms with Gasteiger partial charge in [-0.1, -0.05) is 13.8 Å². The Kier molecular flexibility index (Phi) is 4.40. The summed E-state index contributed by atoms with van der Waals surface area (Å²) in [6, 6.07) is 3.74. The second-order valence-electron chi connectivity index (χ2n) is 5.67. The molecule has 1 aromatic heterocycles. The number of nitriles is 1. The lowest BCUT2D eigenvalue weighted by molar-refractivity contribution is -0.141. The van der Waals surface area contributed by atoms with E-state index >= 15 is 0 Å². The molecule has 0 bridgehead atoms. The summed E-state index contributed by atoms with van der Waals surface area (Å²) in [6.45, 7) is 4.26. The van der Waals surface area contributed by atoms with E-state index in [-0.39, 0.29) is 17.5 Å². The number of ether oxygens (including phenoxy) is 1. The second kappa shape index (κ2) is 5.92. The maximum Gasteiger partial charge on any atom is 0.433 e. The summed E-state index contributed by atoms with van der Waals surface area (Å²) in [5.41, 5.74) is -0.997. The van der Waals surface area contributed by atoms with Gasteiger partial charge in [0, 0.05) is 0 Å². The number of nitrogens with zero attached hydrogens (tertiary/aromatic N) is 2. The maximum absolute atomic E-state index is 12.7. The van der Waals surface area contributed by atoms with Crippen molar-refractivity contribution in [2.75, 3.05) is 0 Å². The summed E-state index contributed by atoms with van der Waals surface area (Å²) in [4.78, 5) is 3.48. The summed E-state index contributed by atoms with van der Waals surface area (Å²) in [5, 5.41) is 8.98. The predicted octanol–water partition coefficient (Wildman–Crippen LogP) is 4.18. The highest BCUT2D eigenvalue weighted by molar-refractivity contribution is 5.39. The lowest BCUT2D eigenvalue weighted by Crippen LogP contribution is -2.29. The summed E-state index contributed by atoms with van der Waals surface area (Å²) in [5.74, 6) is 0.814. The molecule has 0 saturated heterocycles. The zero-order valence-electron chi connectivity index (χ0n) is 11.9. The van der Waals surface area contributed by atoms with E-state index in [1.165, 1.54) is 0 Å². The Morgan fingerprint density at radius 1 is 1.24 bits per heavy atom. The maximum atomic E-state index is 12.7. The summed E-state index contributed by atoms with van der Waals surface area (Å²) in [6.07, 6.45) is -2.22. The number of halogens is 3. The molecule has 2 rings (SSSR count). The van der Waals surface area contributed by atoms with Crippen molar-refractivity contribution in [3.8, 4) is 11.9 Å². The first kappa shape index (κ1) is 15.6. The fourth-order valence-electron chi connectivity index (χ4n) is 2.54. The lowest BCUT2D eigenvalue weighted by atomic mass is 9.80. The first-order valence-corrected chi connectivity index (χ1v) is 6.96. The van der Waals surface area contributed by atoms with Gasteiger partial charge >= 0.3 is 6.18 Å². The molecule has 0 radical (unpaired) electrons. The average Bonchev–Trinajstić information content (AvgIpc) is 2.42. The van der Waals surface area contributed by atoms with E-state index in [4.69, 9.17) is 10.00 Å². The van der Waals surface area contributed by atoms with Crippen LogP contribution in [0.4, 0.5) is 13.2 Å². The Morgan fingerprint density at radius 2 is 1.95 bits per heavy atom. The van der Waals surface area contributed by atoms with Crippen LogP contribution in [0.25, 0.3) is 0 Å². The number of rotatable bonds is 2. The van der Waals surface area contributed by atoms with Crippen molar-refractivity contribution in [1.82, 2.24) is 4.98 Å². The zero-order valence-corrected chi connectivity index (χ0v) is 11.9. The Labute approximate surface area is 121 Å². The van der Waals surface area contributed by atoms with Crippen LogP contribution in [-0.4, -0.2) is 11.1 Å². The van der Waals surface area contributed by atoms with Gasteiger partial charge in [0.05, 0.1) is 0 Å². The van der Waals surface area contributed by atoms with Crippen molar-refractivity contribution in [1.29, 1.82) is 5.26 Å². The lowest BCUT2D eigenvalue weighted by Gasteiger charge is -2.32. The molecule has 1 aliphatic rings. The quantitative estimate of drug-likeness (QED) is 0.823. The molecule has 3 nitrogen and oxygen atoms in total. The third-order valence-electron chi connectivity index (χ3n) is 4.10. The smallest absolute Gasteiger partial charge is 0.433 e. The van der Waals surface area contributed by atoms with Crippen LogP contribution in [0.15, 0.2) is 12.1 Å². The normalized spacial score (nSPS) is 26.2. The van der Waals surface area contributed by atoms with E-state index in [0.717, 1.165) is 31.4 Å². The van der Waals surface area contributed by atoms with Crippen molar-refractivity contribution >= 4 is 0 Å². The van der Waals surface area contributed by atoms with Gasteiger partial charge in [-0.3, -0.25) is 0 Å². The summed E-state index contributed by atoms with van der Waals surface area (Å²) in [7, 11) is 0.